The van der Waals surface area contributed by atoms with Crippen LogP contribution in [0.4, 0.5) is 0 Å². The van der Waals surface area contributed by atoms with Crippen LogP contribution >= 0.6 is 0 Å². The van der Waals surface area contributed by atoms with Crippen molar-refractivity contribution in [1.82, 2.24) is 0 Å². The van der Waals surface area contributed by atoms with Gasteiger partial charge in [0.2, 0.25) is 0 Å². The number of rotatable bonds is 20. The van der Waals surface area contributed by atoms with Gasteiger partial charge in [-0.05, 0) is 12.8 Å². The molecule has 2 N–H and O–H groups in total. The maximum atomic E-state index is 9.51. The molecule has 2 nitrogen and oxygen atoms in total. The van der Waals surface area contributed by atoms with Gasteiger partial charge in [0.15, 0.2) is 0 Å². The molecule has 1 atom stereocenters. The van der Waals surface area contributed by atoms with Crippen LogP contribution in [-0.2, 0) is 0 Å². The third-order valence-electron chi connectivity index (χ3n) is 5.10. The Hall–Kier alpha value is -0.0800. The van der Waals surface area contributed by atoms with Crippen LogP contribution in [0.15, 0.2) is 0 Å². The van der Waals surface area contributed by atoms with Crippen molar-refractivity contribution in [2.45, 2.75) is 135 Å². The summed E-state index contributed by atoms with van der Waals surface area (Å²) in [5.74, 6) is 0. The Morgan fingerprint density at radius 3 is 1.17 bits per heavy atom. The van der Waals surface area contributed by atoms with Gasteiger partial charge in [0.1, 0.15) is 0 Å². The third kappa shape index (κ3) is 20.0. The van der Waals surface area contributed by atoms with Crippen molar-refractivity contribution in [1.29, 1.82) is 0 Å². The van der Waals surface area contributed by atoms with Gasteiger partial charge in [0, 0.05) is 6.61 Å². The molecule has 0 amide bonds. The molecule has 0 aromatic carbocycles. The zero-order valence-corrected chi connectivity index (χ0v) is 16.6. The minimum Gasteiger partial charge on any atom is -0.396 e. The molecule has 0 rings (SSSR count). The fourth-order valence-electron chi connectivity index (χ4n) is 3.40. The van der Waals surface area contributed by atoms with Crippen molar-refractivity contribution in [3.8, 4) is 0 Å². The predicted octanol–water partition coefficient (Wildman–Crippen LogP) is 6.77. The molecule has 0 aliphatic heterocycles. The molecular weight excluding hydrogens is 296 g/mol. The van der Waals surface area contributed by atoms with Crippen molar-refractivity contribution in [3.63, 3.8) is 0 Å². The number of aliphatic hydroxyl groups is 2. The Bertz CT molecular complexity index is 218. The Balaban J connectivity index is 3.00. The van der Waals surface area contributed by atoms with Crippen LogP contribution in [0.25, 0.3) is 0 Å². The van der Waals surface area contributed by atoms with E-state index in [9.17, 15) is 5.11 Å². The molecule has 0 aliphatic rings. The summed E-state index contributed by atoms with van der Waals surface area (Å²) in [6, 6.07) is 0. The van der Waals surface area contributed by atoms with Gasteiger partial charge < -0.3 is 10.2 Å². The Kier molecular flexibility index (Phi) is 20.9. The summed E-state index contributed by atoms with van der Waals surface area (Å²) in [5, 5.41) is 18.2. The van der Waals surface area contributed by atoms with E-state index in [-0.39, 0.29) is 12.7 Å². The molecule has 24 heavy (non-hydrogen) atoms. The highest BCUT2D eigenvalue weighted by Crippen LogP contribution is 2.14. The van der Waals surface area contributed by atoms with E-state index in [2.05, 4.69) is 6.92 Å². The summed E-state index contributed by atoms with van der Waals surface area (Å²) in [4.78, 5) is 0. The molecular formula is C22H46O2. The molecule has 0 saturated heterocycles. The summed E-state index contributed by atoms with van der Waals surface area (Å²) >= 11 is 0. The number of unbranched alkanes of at least 4 members (excludes halogenated alkanes) is 16. The van der Waals surface area contributed by atoms with Gasteiger partial charge >= 0.3 is 0 Å². The molecule has 0 aromatic heterocycles. The van der Waals surface area contributed by atoms with Gasteiger partial charge in [0.25, 0.3) is 0 Å². The van der Waals surface area contributed by atoms with Crippen LogP contribution < -0.4 is 0 Å². The highest BCUT2D eigenvalue weighted by molar-refractivity contribution is 4.55. The summed E-state index contributed by atoms with van der Waals surface area (Å²) in [6.45, 7) is 2.40. The van der Waals surface area contributed by atoms with E-state index < -0.39 is 0 Å². The molecule has 146 valence electrons. The lowest BCUT2D eigenvalue weighted by Crippen LogP contribution is -2.08. The van der Waals surface area contributed by atoms with Crippen LogP contribution in [0, 0.1) is 0 Å². The van der Waals surface area contributed by atoms with Crippen LogP contribution in [0.5, 0.6) is 0 Å². The van der Waals surface area contributed by atoms with Crippen molar-refractivity contribution in [2.24, 2.45) is 0 Å². The van der Waals surface area contributed by atoms with E-state index in [0.29, 0.717) is 6.42 Å². The van der Waals surface area contributed by atoms with Gasteiger partial charge in [-0.15, -0.1) is 0 Å². The maximum Gasteiger partial charge on any atom is 0.0562 e. The average Bonchev–Trinajstić information content (AvgIpc) is 2.58. The normalized spacial score (nSPS) is 12.6. The summed E-state index contributed by atoms with van der Waals surface area (Å²) in [6.07, 6.45) is 24.7. The topological polar surface area (TPSA) is 40.5 Å². The lowest BCUT2D eigenvalue weighted by atomic mass is 10.0. The van der Waals surface area contributed by atoms with E-state index in [0.717, 1.165) is 12.8 Å². The second kappa shape index (κ2) is 21.0. The first kappa shape index (κ1) is 23.9. The van der Waals surface area contributed by atoms with Crippen LogP contribution in [0.2, 0.25) is 0 Å². The Labute approximate surface area is 152 Å². The van der Waals surface area contributed by atoms with E-state index in [1.807, 2.05) is 0 Å². The summed E-state index contributed by atoms with van der Waals surface area (Å²) < 4.78 is 0. The van der Waals surface area contributed by atoms with Gasteiger partial charge in [-0.1, -0.05) is 116 Å². The first-order chi connectivity index (χ1) is 11.8. The SMILES string of the molecule is CCCCCCCCCCCCCCCCCCCC(O)CCO. The minimum absolute atomic E-state index is 0.111. The quantitative estimate of drug-likeness (QED) is 0.240. The van der Waals surface area contributed by atoms with Crippen molar-refractivity contribution in [3.05, 3.63) is 0 Å². The third-order valence-corrected chi connectivity index (χ3v) is 5.10. The molecule has 0 aromatic rings. The molecule has 0 spiro atoms. The monoisotopic (exact) mass is 342 g/mol. The molecule has 0 fully saturated rings. The van der Waals surface area contributed by atoms with Crippen molar-refractivity contribution in [2.75, 3.05) is 6.61 Å². The Morgan fingerprint density at radius 2 is 0.833 bits per heavy atom. The summed E-state index contributed by atoms with van der Waals surface area (Å²) in [7, 11) is 0. The largest absolute Gasteiger partial charge is 0.396 e. The van der Waals surface area contributed by atoms with E-state index in [4.69, 9.17) is 5.11 Å². The molecule has 0 heterocycles. The number of hydrogen-bond acceptors (Lipinski definition) is 2. The molecule has 0 bridgehead atoms. The average molecular weight is 343 g/mol. The summed E-state index contributed by atoms with van der Waals surface area (Å²) in [5.41, 5.74) is 0. The van der Waals surface area contributed by atoms with Crippen LogP contribution in [0.1, 0.15) is 129 Å². The fraction of sp³-hybridized carbons (Fsp3) is 1.00. The van der Waals surface area contributed by atoms with Crippen molar-refractivity contribution < 1.29 is 10.2 Å². The molecule has 0 saturated carbocycles. The minimum atomic E-state index is -0.286. The molecule has 2 heteroatoms. The zero-order chi connectivity index (χ0) is 17.7. The van der Waals surface area contributed by atoms with E-state index in [1.54, 1.807) is 0 Å². The molecule has 0 radical (unpaired) electrons. The van der Waals surface area contributed by atoms with E-state index in [1.165, 1.54) is 103 Å². The number of hydrogen-bond donors (Lipinski definition) is 2. The lowest BCUT2D eigenvalue weighted by Gasteiger charge is -2.08. The van der Waals surface area contributed by atoms with Crippen molar-refractivity contribution >= 4 is 0 Å². The van der Waals surface area contributed by atoms with Crippen LogP contribution in [0.3, 0.4) is 0 Å². The standard InChI is InChI=1S/C22H46O2/c1-2-3-4-5-6-7-8-9-10-11-12-13-14-15-16-17-18-19-22(24)20-21-23/h22-24H,2-21H2,1H3. The van der Waals surface area contributed by atoms with Gasteiger partial charge in [-0.25, -0.2) is 0 Å². The Morgan fingerprint density at radius 1 is 0.500 bits per heavy atom. The van der Waals surface area contributed by atoms with Crippen LogP contribution in [-0.4, -0.2) is 22.9 Å². The van der Waals surface area contributed by atoms with Gasteiger partial charge in [0.05, 0.1) is 6.10 Å². The first-order valence-corrected chi connectivity index (χ1v) is 11.1. The molecule has 0 aliphatic carbocycles. The highest BCUT2D eigenvalue weighted by Gasteiger charge is 2.02. The second-order valence-corrected chi connectivity index (χ2v) is 7.61. The second-order valence-electron chi connectivity index (χ2n) is 7.61. The zero-order valence-electron chi connectivity index (χ0n) is 16.6. The highest BCUT2D eigenvalue weighted by atomic mass is 16.3. The fourth-order valence-corrected chi connectivity index (χ4v) is 3.40. The first-order valence-electron chi connectivity index (χ1n) is 11.1. The maximum absolute atomic E-state index is 9.51. The van der Waals surface area contributed by atoms with Gasteiger partial charge in [-0.2, -0.15) is 0 Å². The lowest BCUT2D eigenvalue weighted by molar-refractivity contribution is 0.122. The molecule has 1 unspecified atom stereocenters. The smallest absolute Gasteiger partial charge is 0.0562 e. The predicted molar refractivity (Wildman–Crippen MR) is 106 cm³/mol. The number of aliphatic hydroxyl groups excluding tert-OH is 2. The van der Waals surface area contributed by atoms with Gasteiger partial charge in [-0.3, -0.25) is 0 Å². The van der Waals surface area contributed by atoms with E-state index >= 15 is 0 Å².